The number of thioether (sulfide) groups is 1. The highest BCUT2D eigenvalue weighted by Crippen LogP contribution is 2.30. The summed E-state index contributed by atoms with van der Waals surface area (Å²) in [6.45, 7) is 1.98. The van der Waals surface area contributed by atoms with Gasteiger partial charge in [-0.05, 0) is 17.9 Å². The molecule has 2 aromatic rings. The molecule has 0 bridgehead atoms. The molecule has 0 aliphatic carbocycles. The number of hydrogen-bond acceptors (Lipinski definition) is 2. The highest BCUT2D eigenvalue weighted by atomic mass is 32.2. The number of pyridine rings is 1. The molecule has 0 aliphatic heterocycles. The highest BCUT2D eigenvalue weighted by Gasteiger charge is 2.30. The molecule has 0 aliphatic rings. The van der Waals surface area contributed by atoms with Gasteiger partial charge in [0.25, 0.3) is 0 Å². The number of imidazole rings is 1. The molecule has 86 valence electrons. The van der Waals surface area contributed by atoms with Crippen LogP contribution in [0.5, 0.6) is 0 Å². The molecule has 0 N–H and O–H groups in total. The Labute approximate surface area is 94.5 Å². The van der Waals surface area contributed by atoms with Crippen LogP contribution in [0.2, 0.25) is 0 Å². The van der Waals surface area contributed by atoms with Crippen molar-refractivity contribution in [1.82, 2.24) is 9.38 Å². The summed E-state index contributed by atoms with van der Waals surface area (Å²) in [4.78, 5) is 3.95. The first kappa shape index (κ1) is 11.3. The van der Waals surface area contributed by atoms with Crippen molar-refractivity contribution >= 4 is 17.4 Å². The maximum atomic E-state index is 12.4. The summed E-state index contributed by atoms with van der Waals surface area (Å²) in [5.74, 6) is 0.856. The van der Waals surface area contributed by atoms with E-state index in [2.05, 4.69) is 4.98 Å². The molecule has 6 heteroatoms. The molecule has 0 aromatic carbocycles. The van der Waals surface area contributed by atoms with Gasteiger partial charge in [0.15, 0.2) is 0 Å². The minimum atomic E-state index is -4.31. The topological polar surface area (TPSA) is 17.3 Å². The molecule has 0 saturated heterocycles. The van der Waals surface area contributed by atoms with Gasteiger partial charge in [-0.2, -0.15) is 13.2 Å². The van der Waals surface area contributed by atoms with Crippen molar-refractivity contribution in [2.24, 2.45) is 0 Å². The van der Waals surface area contributed by atoms with Crippen LogP contribution in [0.15, 0.2) is 29.6 Å². The predicted molar refractivity (Wildman–Crippen MR) is 56.6 cm³/mol. The first-order valence-electron chi connectivity index (χ1n) is 4.69. The number of alkyl halides is 3. The van der Waals surface area contributed by atoms with Gasteiger partial charge in [0.05, 0.1) is 16.8 Å². The van der Waals surface area contributed by atoms with Crippen molar-refractivity contribution < 1.29 is 13.2 Å². The maximum absolute atomic E-state index is 12.4. The second-order valence-electron chi connectivity index (χ2n) is 3.17. The quantitative estimate of drug-likeness (QED) is 0.755. The van der Waals surface area contributed by atoms with E-state index in [0.717, 1.165) is 22.9 Å². The summed E-state index contributed by atoms with van der Waals surface area (Å²) >= 11 is 1.54. The molecule has 0 atom stereocenters. The Morgan fingerprint density at radius 2 is 2.19 bits per heavy atom. The zero-order valence-electron chi connectivity index (χ0n) is 8.45. The van der Waals surface area contributed by atoms with Gasteiger partial charge in [-0.3, -0.25) is 4.40 Å². The number of rotatable bonds is 2. The maximum Gasteiger partial charge on any atom is 0.416 e. The smallest absolute Gasteiger partial charge is 0.295 e. The van der Waals surface area contributed by atoms with Crippen LogP contribution in [0.1, 0.15) is 12.5 Å². The van der Waals surface area contributed by atoms with E-state index >= 15 is 0 Å². The zero-order chi connectivity index (χ0) is 11.8. The summed E-state index contributed by atoms with van der Waals surface area (Å²) in [6, 6.07) is 2.12. The lowest BCUT2D eigenvalue weighted by Gasteiger charge is -2.06. The van der Waals surface area contributed by atoms with Crippen LogP contribution in [-0.2, 0) is 6.18 Å². The van der Waals surface area contributed by atoms with Crippen molar-refractivity contribution in [2.75, 3.05) is 5.75 Å². The van der Waals surface area contributed by atoms with Crippen LogP contribution < -0.4 is 0 Å². The van der Waals surface area contributed by atoms with E-state index < -0.39 is 11.7 Å². The van der Waals surface area contributed by atoms with Crippen LogP contribution in [0.3, 0.4) is 0 Å². The number of halogens is 3. The lowest BCUT2D eigenvalue weighted by Crippen LogP contribution is -2.05. The number of hydrogen-bond donors (Lipinski definition) is 0. The van der Waals surface area contributed by atoms with Crippen LogP contribution in [-0.4, -0.2) is 15.1 Å². The third kappa shape index (κ3) is 2.02. The molecule has 0 spiro atoms. The lowest BCUT2D eigenvalue weighted by molar-refractivity contribution is -0.137. The molecular formula is C10H9F3N2S. The fraction of sp³-hybridized carbons (Fsp3) is 0.300. The zero-order valence-corrected chi connectivity index (χ0v) is 9.27. The third-order valence-corrected chi connectivity index (χ3v) is 2.99. The Morgan fingerprint density at radius 3 is 2.81 bits per heavy atom. The average molecular weight is 246 g/mol. The van der Waals surface area contributed by atoms with Gasteiger partial charge in [0, 0.05) is 6.20 Å². The van der Waals surface area contributed by atoms with E-state index in [0.29, 0.717) is 5.65 Å². The van der Waals surface area contributed by atoms with Crippen molar-refractivity contribution in [2.45, 2.75) is 18.1 Å². The largest absolute Gasteiger partial charge is 0.416 e. The van der Waals surface area contributed by atoms with Gasteiger partial charge in [-0.25, -0.2) is 4.98 Å². The molecule has 0 unspecified atom stereocenters. The molecule has 0 fully saturated rings. The molecular weight excluding hydrogens is 237 g/mol. The lowest BCUT2D eigenvalue weighted by atomic mass is 10.2. The molecule has 0 saturated carbocycles. The average Bonchev–Trinajstić information content (AvgIpc) is 2.60. The van der Waals surface area contributed by atoms with Gasteiger partial charge >= 0.3 is 6.18 Å². The fourth-order valence-corrected chi connectivity index (χ4v) is 2.10. The van der Waals surface area contributed by atoms with Crippen LogP contribution in [0.25, 0.3) is 5.65 Å². The summed E-state index contributed by atoms with van der Waals surface area (Å²) in [7, 11) is 0. The standard InChI is InChI=1S/C10H9F3N2S/c1-2-16-9-6-14-8-5-7(10(11,12)13)3-4-15(8)9/h3-6H,2H2,1H3. The van der Waals surface area contributed by atoms with Gasteiger partial charge < -0.3 is 0 Å². The predicted octanol–water partition coefficient (Wildman–Crippen LogP) is 3.47. The Morgan fingerprint density at radius 1 is 1.44 bits per heavy atom. The van der Waals surface area contributed by atoms with E-state index in [9.17, 15) is 13.2 Å². The molecule has 0 amide bonds. The number of aromatic nitrogens is 2. The monoisotopic (exact) mass is 246 g/mol. The normalized spacial score (nSPS) is 12.2. The van der Waals surface area contributed by atoms with E-state index in [1.165, 1.54) is 6.20 Å². The molecule has 2 heterocycles. The van der Waals surface area contributed by atoms with Crippen LogP contribution in [0.4, 0.5) is 13.2 Å². The summed E-state index contributed by atoms with van der Waals surface area (Å²) in [5, 5.41) is 0.853. The van der Waals surface area contributed by atoms with Crippen molar-refractivity contribution in [3.63, 3.8) is 0 Å². The van der Waals surface area contributed by atoms with E-state index in [1.54, 1.807) is 22.4 Å². The minimum absolute atomic E-state index is 0.325. The van der Waals surface area contributed by atoms with Crippen molar-refractivity contribution in [3.8, 4) is 0 Å². The van der Waals surface area contributed by atoms with Gasteiger partial charge in [0.1, 0.15) is 5.65 Å². The van der Waals surface area contributed by atoms with Gasteiger partial charge in [-0.1, -0.05) is 6.92 Å². The molecule has 16 heavy (non-hydrogen) atoms. The second-order valence-corrected chi connectivity index (χ2v) is 4.46. The molecule has 2 aromatic heterocycles. The SMILES string of the molecule is CCSc1cnc2cc(C(F)(F)F)ccn12. The Kier molecular flexibility index (Phi) is 2.84. The molecule has 2 nitrogen and oxygen atoms in total. The highest BCUT2D eigenvalue weighted by molar-refractivity contribution is 7.99. The summed E-state index contributed by atoms with van der Waals surface area (Å²) < 4.78 is 38.9. The van der Waals surface area contributed by atoms with Crippen LogP contribution in [0, 0.1) is 0 Å². The molecule has 0 radical (unpaired) electrons. The van der Waals surface area contributed by atoms with Crippen molar-refractivity contribution in [1.29, 1.82) is 0 Å². The Bertz CT molecular complexity index is 504. The third-order valence-electron chi connectivity index (χ3n) is 2.10. The second kappa shape index (κ2) is 4.01. The summed E-state index contributed by atoms with van der Waals surface area (Å²) in [6.07, 6.45) is -1.32. The van der Waals surface area contributed by atoms with Gasteiger partial charge in [-0.15, -0.1) is 11.8 Å². The minimum Gasteiger partial charge on any atom is -0.295 e. The number of fused-ring (bicyclic) bond motifs is 1. The van der Waals surface area contributed by atoms with E-state index in [-0.39, 0.29) is 0 Å². The van der Waals surface area contributed by atoms with E-state index in [1.807, 2.05) is 6.92 Å². The van der Waals surface area contributed by atoms with Crippen molar-refractivity contribution in [3.05, 3.63) is 30.1 Å². The first-order chi connectivity index (χ1) is 7.52. The fourth-order valence-electron chi connectivity index (χ4n) is 1.39. The Hall–Kier alpha value is -1.17. The van der Waals surface area contributed by atoms with Gasteiger partial charge in [0.2, 0.25) is 0 Å². The van der Waals surface area contributed by atoms with Crippen LogP contribution >= 0.6 is 11.8 Å². The Balaban J connectivity index is 2.49. The molecule has 2 rings (SSSR count). The first-order valence-corrected chi connectivity index (χ1v) is 5.68. The summed E-state index contributed by atoms with van der Waals surface area (Å²) in [5.41, 5.74) is -0.343. The number of nitrogens with zero attached hydrogens (tertiary/aromatic N) is 2. The van der Waals surface area contributed by atoms with E-state index in [4.69, 9.17) is 0 Å².